The van der Waals surface area contributed by atoms with Gasteiger partial charge in [0.15, 0.2) is 12.3 Å². The first-order valence-electron chi connectivity index (χ1n) is 26.1. The molecule has 19 nitrogen and oxygen atoms in total. The Morgan fingerprint density at radius 2 is 1.29 bits per heavy atom. The summed E-state index contributed by atoms with van der Waals surface area (Å²) in [4.78, 5) is 61.9. The van der Waals surface area contributed by atoms with E-state index in [-0.39, 0.29) is 18.7 Å². The molecule has 8 atom stereocenters. The van der Waals surface area contributed by atoms with Crippen LogP contribution in [-0.4, -0.2) is 96.9 Å². The van der Waals surface area contributed by atoms with Gasteiger partial charge in [-0.15, -0.1) is 0 Å². The van der Waals surface area contributed by atoms with E-state index in [2.05, 4.69) is 59.6 Å². The number of ether oxygens (including phenoxy) is 3. The second-order valence-electron chi connectivity index (χ2n) is 17.9. The second kappa shape index (κ2) is 39.6. The number of aliphatic hydroxyl groups excluding tert-OH is 3. The fraction of sp³-hybridized carbons (Fsp3) is 0.654. The van der Waals surface area contributed by atoms with Crippen molar-refractivity contribution < 1.29 is 71.4 Å². The monoisotopic (exact) mass is 1070 g/mol. The third kappa shape index (κ3) is 32.3. The average molecular weight is 1070 g/mol. The van der Waals surface area contributed by atoms with Gasteiger partial charge >= 0.3 is 33.3 Å². The van der Waals surface area contributed by atoms with Gasteiger partial charge in [-0.25, -0.2) is 13.9 Å². The second-order valence-corrected chi connectivity index (χ2v) is 20.9. The zero-order chi connectivity index (χ0) is 53.6. The molecule has 1 aliphatic heterocycles. The third-order valence-corrected chi connectivity index (χ3v) is 13.9. The minimum absolute atomic E-state index is 0.0855. The molecule has 1 saturated heterocycles. The molecule has 0 spiro atoms. The summed E-state index contributed by atoms with van der Waals surface area (Å²) in [7, 11) is -10.9. The highest BCUT2D eigenvalue weighted by Crippen LogP contribution is 2.60. The zero-order valence-electron chi connectivity index (χ0n) is 43.0. The van der Waals surface area contributed by atoms with Gasteiger partial charge in [-0.05, 0) is 83.1 Å². The van der Waals surface area contributed by atoms with Crippen LogP contribution in [0, 0.1) is 0 Å². The molecular weight excluding hydrogens is 985 g/mol. The van der Waals surface area contributed by atoms with Gasteiger partial charge in [-0.1, -0.05) is 145 Å². The van der Waals surface area contributed by atoms with Crippen LogP contribution in [-0.2, 0) is 46.3 Å². The lowest BCUT2D eigenvalue weighted by molar-refractivity contribution is -0.161. The number of carbonyl (C=O) groups excluding carboxylic acids is 2. The molecule has 0 bridgehead atoms. The summed E-state index contributed by atoms with van der Waals surface area (Å²) in [6.07, 6.45) is 37.1. The van der Waals surface area contributed by atoms with Gasteiger partial charge in [0.2, 0.25) is 0 Å². The molecule has 2 rings (SSSR count). The van der Waals surface area contributed by atoms with Crippen molar-refractivity contribution in [3.8, 4) is 0 Å². The van der Waals surface area contributed by atoms with E-state index >= 15 is 0 Å². The van der Waals surface area contributed by atoms with E-state index in [0.29, 0.717) is 25.7 Å². The number of aliphatic hydroxyl groups is 3. The van der Waals surface area contributed by atoms with Gasteiger partial charge in [0, 0.05) is 19.0 Å². The van der Waals surface area contributed by atoms with Crippen LogP contribution >= 0.6 is 15.6 Å². The van der Waals surface area contributed by atoms with Crippen molar-refractivity contribution in [2.45, 2.75) is 198 Å². The van der Waals surface area contributed by atoms with Crippen LogP contribution in [0.2, 0.25) is 0 Å². The predicted octanol–water partition coefficient (Wildman–Crippen LogP) is 9.86. The highest BCUT2D eigenvalue weighted by molar-refractivity contribution is 7.61. The first-order chi connectivity index (χ1) is 35.1. The number of rotatable bonds is 42. The summed E-state index contributed by atoms with van der Waals surface area (Å²) in [5.74, 6) is -1.45. The zero-order valence-corrected chi connectivity index (χ0v) is 44.8. The van der Waals surface area contributed by atoms with Crippen LogP contribution in [0.4, 0.5) is 5.82 Å². The summed E-state index contributed by atoms with van der Waals surface area (Å²) in [6.45, 7) is 1.95. The Balaban J connectivity index is 1.85. The summed E-state index contributed by atoms with van der Waals surface area (Å²) in [6, 6.07) is 1.24. The molecule has 73 heavy (non-hydrogen) atoms. The summed E-state index contributed by atoms with van der Waals surface area (Å²) in [5.41, 5.74) is 4.57. The van der Waals surface area contributed by atoms with Crippen molar-refractivity contribution in [1.82, 2.24) is 9.55 Å². The molecule has 0 radical (unpaired) electrons. The number of phosphoric ester groups is 2. The lowest BCUT2D eigenvalue weighted by Crippen LogP contribution is -2.36. The molecule has 1 fully saturated rings. The van der Waals surface area contributed by atoms with E-state index in [1.54, 1.807) is 24.3 Å². The Morgan fingerprint density at radius 3 is 1.92 bits per heavy atom. The smallest absolute Gasteiger partial charge is 0.462 e. The number of allylic oxidation sites excluding steroid dienone is 10. The topological polar surface area (TPSA) is 286 Å². The standard InChI is InChI=1S/C52H85N3O16P2/c1-3-5-7-9-11-13-14-15-16-17-18-19-20-22-24-28-32-36-47(57)66-40-44(69-48(58)37-33-29-25-27-31-35-43(56)34-30-26-23-21-12-10-8-6-4-2)41-67-72(62,63)71-73(64,65)68-42-45-49(59)50(60)51(70-45)55-39-38-46(53)54-52(55)61/h11-13,15-16,21,25-27,30-31,35,38-39,43-45,49-51,56,59-60H,3-10,14,17-20,22-24,28-29,32-34,36-37,40-42H2,1-2H3,(H,62,63)(H,64,65)(H2,53,54,61)/b13-11-,16-15-,21-12-,27-25+,30-26-,35-31-/t43?,44-,45-,49-,50-,51-/m1/s1. The minimum Gasteiger partial charge on any atom is -0.462 e. The number of hydrogen-bond acceptors (Lipinski definition) is 16. The van der Waals surface area contributed by atoms with Gasteiger partial charge in [-0.2, -0.15) is 9.29 Å². The maximum Gasteiger partial charge on any atom is 0.481 e. The molecule has 0 amide bonds. The minimum atomic E-state index is -5.46. The van der Waals surface area contributed by atoms with Crippen LogP contribution in [0.15, 0.2) is 90.0 Å². The number of esters is 2. The fourth-order valence-electron chi connectivity index (χ4n) is 7.24. The number of phosphoric acid groups is 2. The van der Waals surface area contributed by atoms with E-state index < -0.39 is 89.8 Å². The van der Waals surface area contributed by atoms with Crippen LogP contribution in [0.1, 0.15) is 168 Å². The molecule has 0 saturated carbocycles. The molecule has 1 aliphatic rings. The van der Waals surface area contributed by atoms with Crippen molar-refractivity contribution in [3.63, 3.8) is 0 Å². The Labute approximate surface area is 432 Å². The van der Waals surface area contributed by atoms with E-state index in [1.165, 1.54) is 44.6 Å². The number of aromatic nitrogens is 2. The van der Waals surface area contributed by atoms with Crippen LogP contribution in [0.5, 0.6) is 0 Å². The molecule has 0 aliphatic carbocycles. The number of nitrogen functional groups attached to an aromatic ring is 1. The molecule has 2 heterocycles. The molecule has 7 N–H and O–H groups in total. The molecule has 1 aromatic heterocycles. The Morgan fingerprint density at radius 1 is 0.726 bits per heavy atom. The highest BCUT2D eigenvalue weighted by atomic mass is 31.3. The first kappa shape index (κ1) is 65.3. The molecule has 3 unspecified atom stereocenters. The van der Waals surface area contributed by atoms with E-state index in [4.69, 9.17) is 29.0 Å². The molecule has 414 valence electrons. The van der Waals surface area contributed by atoms with Crippen LogP contribution in [0.3, 0.4) is 0 Å². The number of carbonyl (C=O) groups is 2. The van der Waals surface area contributed by atoms with Gasteiger partial charge in [0.05, 0.1) is 19.3 Å². The lowest BCUT2D eigenvalue weighted by Gasteiger charge is -2.21. The van der Waals surface area contributed by atoms with E-state index in [9.17, 15) is 48.6 Å². The number of unbranched alkanes of at least 4 members (excludes halogenated alkanes) is 14. The van der Waals surface area contributed by atoms with Crippen molar-refractivity contribution in [2.24, 2.45) is 0 Å². The van der Waals surface area contributed by atoms with Gasteiger partial charge in [-0.3, -0.25) is 23.2 Å². The SMILES string of the molecule is CCCCC/C=C\C/C=C\CCCCCCCCCC(=O)OC[C@H](COP(=O)(O)OP(=O)(O)OC[C@H]1O[C@@H](n2ccc(N)nc2=O)[C@H](O)[C@@H]1O)OC(=O)CCC/C=C/C=C\C(O)C/C=C\C/C=C\CCCCC. The van der Waals surface area contributed by atoms with Crippen LogP contribution in [0.25, 0.3) is 0 Å². The maximum absolute atomic E-state index is 12.9. The third-order valence-electron chi connectivity index (χ3n) is 11.3. The maximum atomic E-state index is 12.9. The van der Waals surface area contributed by atoms with Crippen molar-refractivity contribution in [3.05, 3.63) is 95.7 Å². The molecule has 0 aromatic carbocycles. The summed E-state index contributed by atoms with van der Waals surface area (Å²) in [5, 5.41) is 31.1. The molecular formula is C52H85N3O16P2. The van der Waals surface area contributed by atoms with Crippen molar-refractivity contribution in [1.29, 1.82) is 0 Å². The fourth-order valence-corrected chi connectivity index (χ4v) is 9.35. The van der Waals surface area contributed by atoms with E-state index in [1.807, 2.05) is 12.2 Å². The highest BCUT2D eigenvalue weighted by Gasteiger charge is 2.46. The lowest BCUT2D eigenvalue weighted by atomic mass is 10.1. The van der Waals surface area contributed by atoms with Gasteiger partial charge < -0.3 is 45.1 Å². The Bertz CT molecular complexity index is 2020. The first-order valence-corrected chi connectivity index (χ1v) is 29.0. The normalized spacial score (nSPS) is 20.0. The van der Waals surface area contributed by atoms with Crippen molar-refractivity contribution >= 4 is 33.4 Å². The average Bonchev–Trinajstić information content (AvgIpc) is 3.62. The largest absolute Gasteiger partial charge is 0.481 e. The Kier molecular flexibility index (Phi) is 35.4. The quantitative estimate of drug-likeness (QED) is 0.0117. The van der Waals surface area contributed by atoms with Crippen molar-refractivity contribution in [2.75, 3.05) is 25.6 Å². The number of anilines is 1. The molecule has 1 aromatic rings. The van der Waals surface area contributed by atoms with E-state index in [0.717, 1.165) is 81.4 Å². The predicted molar refractivity (Wildman–Crippen MR) is 281 cm³/mol. The summed E-state index contributed by atoms with van der Waals surface area (Å²) < 4.78 is 56.7. The van der Waals surface area contributed by atoms with Gasteiger partial charge in [0.25, 0.3) is 0 Å². The van der Waals surface area contributed by atoms with Gasteiger partial charge in [0.1, 0.15) is 30.7 Å². The number of nitrogens with zero attached hydrogens (tertiary/aromatic N) is 2. The van der Waals surface area contributed by atoms with Crippen LogP contribution < -0.4 is 11.4 Å². The number of nitrogens with two attached hydrogens (primary N) is 1. The Hall–Kier alpha value is -3.84. The number of hydrogen-bond donors (Lipinski definition) is 6. The summed E-state index contributed by atoms with van der Waals surface area (Å²) >= 11 is 0. The molecule has 21 heteroatoms.